The predicted octanol–water partition coefficient (Wildman–Crippen LogP) is 5.29. The first-order valence-corrected chi connectivity index (χ1v) is 23.4. The maximum atomic E-state index is 15.5. The van der Waals surface area contributed by atoms with Crippen molar-refractivity contribution in [2.45, 2.75) is 50.9 Å². The lowest BCUT2D eigenvalue weighted by atomic mass is 9.95. The van der Waals surface area contributed by atoms with E-state index in [0.717, 1.165) is 87.7 Å². The Kier molecular flexibility index (Phi) is 12.1. The second kappa shape index (κ2) is 18.3. The Balaban J connectivity index is 0.720. The fourth-order valence-corrected chi connectivity index (χ4v) is 10.7. The van der Waals surface area contributed by atoms with Crippen molar-refractivity contribution in [2.75, 3.05) is 73.4 Å². The van der Waals surface area contributed by atoms with E-state index in [4.69, 9.17) is 4.74 Å². The minimum absolute atomic E-state index is 0.00704. The van der Waals surface area contributed by atoms with Gasteiger partial charge in [-0.1, -0.05) is 0 Å². The van der Waals surface area contributed by atoms with Crippen molar-refractivity contribution in [3.63, 3.8) is 0 Å². The number of fused-ring (bicyclic) bond motifs is 2. The number of nitrogens with zero attached hydrogens (tertiary/aromatic N) is 7. The smallest absolute Gasteiger partial charge is 0.265 e. The molecule has 5 aliphatic rings. The molecule has 19 heteroatoms. The summed E-state index contributed by atoms with van der Waals surface area (Å²) in [4.78, 5) is 64.4. The van der Waals surface area contributed by atoms with Gasteiger partial charge in [0.15, 0.2) is 23.2 Å². The molecule has 15 nitrogen and oxygen atoms in total. The second-order valence-electron chi connectivity index (χ2n) is 17.5. The number of ether oxygens (including phenoxy) is 1. The normalized spacial score (nSPS) is 21.4. The molecule has 4 aromatic carbocycles. The molecule has 0 aliphatic carbocycles. The molecule has 5 aromatic rings. The van der Waals surface area contributed by atoms with E-state index >= 15 is 4.39 Å². The van der Waals surface area contributed by atoms with Gasteiger partial charge < -0.3 is 24.0 Å². The van der Waals surface area contributed by atoms with Gasteiger partial charge in [0.05, 0.1) is 23.1 Å². The number of carbonyl (C=O) groups excluding carboxylic acids is 3. The zero-order valence-corrected chi connectivity index (χ0v) is 36.8. The fourth-order valence-electron chi connectivity index (χ4n) is 9.68. The molecule has 2 N–H and O–H groups in total. The van der Waals surface area contributed by atoms with Crippen LogP contribution in [-0.4, -0.2) is 117 Å². The minimum Gasteiger partial charge on any atom is -0.573 e. The third kappa shape index (κ3) is 8.79. The molecule has 4 saturated heterocycles. The average molecular weight is 924 g/mol. The third-order valence-corrected chi connectivity index (χ3v) is 14.6. The molecule has 1 aromatic heterocycles. The van der Waals surface area contributed by atoms with Crippen LogP contribution in [0.2, 0.25) is 0 Å². The van der Waals surface area contributed by atoms with Crippen molar-refractivity contribution in [1.82, 2.24) is 29.0 Å². The summed E-state index contributed by atoms with van der Waals surface area (Å²) in [6.45, 7) is 6.98. The maximum Gasteiger partial charge on any atom is 0.265 e. The van der Waals surface area contributed by atoms with E-state index < -0.39 is 52.6 Å². The number of nitrogens with one attached hydrogen (secondary N) is 2. The van der Waals surface area contributed by atoms with Crippen molar-refractivity contribution < 1.29 is 36.8 Å². The topological polar surface area (TPSA) is 159 Å². The number of aromatic nitrogens is 2. The Morgan fingerprint density at radius 3 is 2.30 bits per heavy atom. The summed E-state index contributed by atoms with van der Waals surface area (Å²) in [5, 5.41) is 2.54. The van der Waals surface area contributed by atoms with Crippen LogP contribution in [0.15, 0.2) is 83.9 Å². The Bertz CT molecular complexity index is 2750. The number of hydrogen-bond donors (Lipinski definition) is 2. The van der Waals surface area contributed by atoms with Crippen LogP contribution < -0.4 is 30.1 Å². The molecule has 344 valence electrons. The number of amides is 3. The van der Waals surface area contributed by atoms with Crippen LogP contribution in [0.25, 0.3) is 16.6 Å². The number of hydrogen-bond acceptors (Lipinski definition) is 12. The Morgan fingerprint density at radius 2 is 1.56 bits per heavy atom. The van der Waals surface area contributed by atoms with Crippen molar-refractivity contribution in [3.05, 3.63) is 112 Å². The SMILES string of the molecule is O=C1CCC(N2Cc3cc(N4CCC(CN5CCN(c6ccc(-n7cnc8ccc(Oc9c(F)ccc(N[S+]([O-])N%10CCC(F)C%10)c9F)cc8c7=O)cc6)CC5)CC4)ccc3C2=O)C(=O)N1. The molecular formula is C47H48F3N9O6S. The molecule has 3 atom stereocenters. The Morgan fingerprint density at radius 1 is 0.818 bits per heavy atom. The van der Waals surface area contributed by atoms with E-state index in [0.29, 0.717) is 35.7 Å². The molecular weight excluding hydrogens is 876 g/mol. The lowest BCUT2D eigenvalue weighted by Gasteiger charge is -2.40. The lowest BCUT2D eigenvalue weighted by Crippen LogP contribution is -2.52. The van der Waals surface area contributed by atoms with Crippen molar-refractivity contribution in [3.8, 4) is 17.2 Å². The largest absolute Gasteiger partial charge is 0.573 e. The fraction of sp³-hybridized carbons (Fsp3) is 0.383. The van der Waals surface area contributed by atoms with Gasteiger partial charge in [0, 0.05) is 82.3 Å². The van der Waals surface area contributed by atoms with E-state index in [9.17, 15) is 32.5 Å². The van der Waals surface area contributed by atoms with E-state index in [2.05, 4.69) is 35.8 Å². The van der Waals surface area contributed by atoms with Crippen molar-refractivity contribution >= 4 is 57.2 Å². The van der Waals surface area contributed by atoms with Crippen molar-refractivity contribution in [1.29, 1.82) is 0 Å². The number of anilines is 3. The summed E-state index contributed by atoms with van der Waals surface area (Å²) in [7, 11) is 0. The molecule has 3 amide bonds. The number of carbonyl (C=O) groups is 3. The number of rotatable bonds is 11. The van der Waals surface area contributed by atoms with Gasteiger partial charge in [-0.25, -0.2) is 18.2 Å². The Hall–Kier alpha value is -6.15. The van der Waals surface area contributed by atoms with E-state index in [1.54, 1.807) is 4.90 Å². The summed E-state index contributed by atoms with van der Waals surface area (Å²) in [6.07, 6.45) is 3.22. The maximum absolute atomic E-state index is 15.5. The first-order valence-electron chi connectivity index (χ1n) is 22.3. The molecule has 0 saturated carbocycles. The minimum atomic E-state index is -1.95. The molecule has 66 heavy (non-hydrogen) atoms. The van der Waals surface area contributed by atoms with Gasteiger partial charge in [0.1, 0.15) is 30.0 Å². The molecule has 6 heterocycles. The standard InChI is InChI=1S/C47H48F3N9O6S/c48-31-15-18-57(27-31)66(64)53-40-10-8-38(49)44(43(40)50)65-35-6-9-39-37(24-35)47(63)59(28-51-39)33-3-1-32(2-4-33)56-21-19-54(20-22-56)25-29-13-16-55(17-14-29)34-5-7-36-30(23-34)26-58(46(36)62)41-11-12-42(60)52-45(41)61/h1-10,23-24,28-29,31,41,53H,11-22,25-27H2,(H,52,60,61). The molecule has 0 radical (unpaired) electrons. The van der Waals surface area contributed by atoms with Gasteiger partial charge in [-0.3, -0.25) is 34.0 Å². The summed E-state index contributed by atoms with van der Waals surface area (Å²) in [6, 6.07) is 19.4. The highest BCUT2D eigenvalue weighted by Crippen LogP contribution is 2.35. The van der Waals surface area contributed by atoms with Crippen LogP contribution >= 0.6 is 0 Å². The van der Waals surface area contributed by atoms with Crippen LogP contribution in [0, 0.1) is 17.6 Å². The molecule has 4 fully saturated rings. The number of alkyl halides is 1. The van der Waals surface area contributed by atoms with Crippen molar-refractivity contribution in [2.24, 2.45) is 5.92 Å². The van der Waals surface area contributed by atoms with Gasteiger partial charge in [0.25, 0.3) is 11.5 Å². The van der Waals surface area contributed by atoms with Crippen LogP contribution in [0.1, 0.15) is 48.0 Å². The molecule has 5 aliphatic heterocycles. The van der Waals surface area contributed by atoms with Gasteiger partial charge in [0.2, 0.25) is 17.6 Å². The highest BCUT2D eigenvalue weighted by atomic mass is 32.2. The average Bonchev–Trinajstić information content (AvgIpc) is 3.91. The van der Waals surface area contributed by atoms with Crippen LogP contribution in [0.3, 0.4) is 0 Å². The molecule has 3 unspecified atom stereocenters. The number of imide groups is 1. The van der Waals surface area contributed by atoms with Gasteiger partial charge in [-0.05, 0) is 110 Å². The molecule has 10 rings (SSSR count). The quantitative estimate of drug-likeness (QED) is 0.131. The van der Waals surface area contributed by atoms with Gasteiger partial charge >= 0.3 is 0 Å². The zero-order chi connectivity index (χ0) is 45.6. The first kappa shape index (κ1) is 43.7. The monoisotopic (exact) mass is 923 g/mol. The number of piperazine rings is 1. The third-order valence-electron chi connectivity index (χ3n) is 13.4. The second-order valence-corrected chi connectivity index (χ2v) is 18.8. The summed E-state index contributed by atoms with van der Waals surface area (Å²) in [5.74, 6) is -3.18. The van der Waals surface area contributed by atoms with Gasteiger partial charge in [-0.2, -0.15) is 4.72 Å². The summed E-state index contributed by atoms with van der Waals surface area (Å²) >= 11 is -1.95. The van der Waals surface area contributed by atoms with E-state index in [-0.39, 0.29) is 54.6 Å². The number of benzene rings is 4. The zero-order valence-electron chi connectivity index (χ0n) is 36.0. The summed E-state index contributed by atoms with van der Waals surface area (Å²) in [5.41, 5.74) is 3.95. The Labute approximate surface area is 381 Å². The summed E-state index contributed by atoms with van der Waals surface area (Å²) < 4.78 is 67.5. The van der Waals surface area contributed by atoms with E-state index in [1.165, 1.54) is 33.4 Å². The molecule has 0 spiro atoms. The predicted molar refractivity (Wildman–Crippen MR) is 243 cm³/mol. The van der Waals surface area contributed by atoms with Gasteiger partial charge in [-0.15, -0.1) is 4.31 Å². The van der Waals surface area contributed by atoms with Crippen LogP contribution in [-0.2, 0) is 27.7 Å². The highest BCUT2D eigenvalue weighted by Gasteiger charge is 2.39. The highest BCUT2D eigenvalue weighted by molar-refractivity contribution is 7.90. The van der Waals surface area contributed by atoms with E-state index in [1.807, 2.05) is 36.4 Å². The van der Waals surface area contributed by atoms with Crippen LogP contribution in [0.5, 0.6) is 11.5 Å². The van der Waals surface area contributed by atoms with Crippen LogP contribution in [0.4, 0.5) is 30.2 Å². The number of piperidine rings is 2. The number of halogens is 3. The lowest BCUT2D eigenvalue weighted by molar-refractivity contribution is -0.136. The first-order chi connectivity index (χ1) is 31.9. The molecule has 0 bridgehead atoms.